The lowest BCUT2D eigenvalue weighted by Gasteiger charge is -2.26. The largest absolute Gasteiger partial charge is 0.311 e. The second-order valence-electron chi connectivity index (χ2n) is 9.06. The quantitative estimate of drug-likeness (QED) is 0.140. The second-order valence-corrected chi connectivity index (χ2v) is 9.50. The molecule has 0 spiro atoms. The van der Waals surface area contributed by atoms with Crippen LogP contribution >= 0.6 is 12.6 Å². The van der Waals surface area contributed by atoms with Crippen LogP contribution in [0.4, 0.5) is 17.1 Å². The summed E-state index contributed by atoms with van der Waals surface area (Å²) < 4.78 is 0. The van der Waals surface area contributed by atoms with E-state index in [0.717, 1.165) is 33.8 Å². The van der Waals surface area contributed by atoms with Crippen molar-refractivity contribution in [1.29, 1.82) is 5.41 Å². The SMILES string of the molecule is Cc1ccc(N(c2ccc(C)cc2)c2ccc(-c3ccc(-c4ccc(C(=N)S)cc4)cc3)cc2)cc1. The molecule has 0 aliphatic rings. The van der Waals surface area contributed by atoms with Crippen LogP contribution in [0.2, 0.25) is 0 Å². The maximum absolute atomic E-state index is 7.65. The Bertz CT molecular complexity index is 1420. The Morgan fingerprint density at radius 2 is 0.750 bits per heavy atom. The van der Waals surface area contributed by atoms with Gasteiger partial charge in [0.25, 0.3) is 0 Å². The van der Waals surface area contributed by atoms with Crippen LogP contribution in [-0.4, -0.2) is 5.04 Å². The van der Waals surface area contributed by atoms with Crippen LogP contribution in [0, 0.1) is 19.3 Å². The molecule has 176 valence electrons. The van der Waals surface area contributed by atoms with E-state index in [1.165, 1.54) is 22.3 Å². The van der Waals surface area contributed by atoms with Gasteiger partial charge < -0.3 is 4.90 Å². The van der Waals surface area contributed by atoms with E-state index in [2.05, 4.69) is 128 Å². The lowest BCUT2D eigenvalue weighted by atomic mass is 9.99. The fourth-order valence-corrected chi connectivity index (χ4v) is 4.46. The Hall–Kier alpha value is -4.08. The molecule has 0 aliphatic heterocycles. The first-order valence-corrected chi connectivity index (χ1v) is 12.4. The third-order valence-electron chi connectivity index (χ3n) is 6.42. The normalized spacial score (nSPS) is 10.8. The molecule has 3 heteroatoms. The van der Waals surface area contributed by atoms with Crippen LogP contribution in [0.3, 0.4) is 0 Å². The van der Waals surface area contributed by atoms with Crippen LogP contribution in [0.25, 0.3) is 22.3 Å². The van der Waals surface area contributed by atoms with Crippen molar-refractivity contribution in [2.75, 3.05) is 4.90 Å². The van der Waals surface area contributed by atoms with Crippen molar-refractivity contribution in [3.63, 3.8) is 0 Å². The molecule has 5 aromatic carbocycles. The van der Waals surface area contributed by atoms with Crippen LogP contribution in [0.1, 0.15) is 16.7 Å². The van der Waals surface area contributed by atoms with E-state index < -0.39 is 0 Å². The monoisotopic (exact) mass is 484 g/mol. The summed E-state index contributed by atoms with van der Waals surface area (Å²) in [6, 6.07) is 42.6. The van der Waals surface area contributed by atoms with Crippen LogP contribution < -0.4 is 4.90 Å². The third kappa shape index (κ3) is 5.12. The Labute approximate surface area is 218 Å². The minimum absolute atomic E-state index is 0.281. The summed E-state index contributed by atoms with van der Waals surface area (Å²) in [5, 5.41) is 7.93. The van der Waals surface area contributed by atoms with E-state index in [1.807, 2.05) is 24.3 Å². The fourth-order valence-electron chi connectivity index (χ4n) is 4.31. The van der Waals surface area contributed by atoms with Crippen molar-refractivity contribution >= 4 is 34.7 Å². The summed E-state index contributed by atoms with van der Waals surface area (Å²) in [6.07, 6.45) is 0. The Balaban J connectivity index is 1.42. The highest BCUT2D eigenvalue weighted by Gasteiger charge is 2.12. The van der Waals surface area contributed by atoms with Crippen molar-refractivity contribution < 1.29 is 0 Å². The molecular formula is C33H28N2S. The lowest BCUT2D eigenvalue weighted by molar-refractivity contribution is 1.27. The summed E-state index contributed by atoms with van der Waals surface area (Å²) in [5.74, 6) is 0. The molecule has 0 radical (unpaired) electrons. The van der Waals surface area contributed by atoms with Gasteiger partial charge in [0.2, 0.25) is 0 Å². The van der Waals surface area contributed by atoms with Crippen molar-refractivity contribution in [2.24, 2.45) is 0 Å². The van der Waals surface area contributed by atoms with E-state index in [1.54, 1.807) is 0 Å². The number of hydrogen-bond acceptors (Lipinski definition) is 2. The number of nitrogens with zero attached hydrogens (tertiary/aromatic N) is 1. The summed E-state index contributed by atoms with van der Waals surface area (Å²) in [6.45, 7) is 4.23. The molecule has 5 rings (SSSR count). The Morgan fingerprint density at radius 3 is 1.08 bits per heavy atom. The zero-order valence-electron chi connectivity index (χ0n) is 20.4. The number of rotatable bonds is 6. The molecule has 0 amide bonds. The van der Waals surface area contributed by atoms with Gasteiger partial charge in [0.1, 0.15) is 0 Å². The molecular weight excluding hydrogens is 456 g/mol. The number of hydrogen-bond donors (Lipinski definition) is 2. The van der Waals surface area contributed by atoms with Gasteiger partial charge in [-0.15, -0.1) is 12.6 Å². The molecule has 0 fully saturated rings. The smallest absolute Gasteiger partial charge is 0.0911 e. The molecule has 36 heavy (non-hydrogen) atoms. The van der Waals surface area contributed by atoms with Gasteiger partial charge in [-0.25, -0.2) is 0 Å². The van der Waals surface area contributed by atoms with Crippen LogP contribution in [0.15, 0.2) is 121 Å². The van der Waals surface area contributed by atoms with Gasteiger partial charge >= 0.3 is 0 Å². The molecule has 0 saturated heterocycles. The van der Waals surface area contributed by atoms with Gasteiger partial charge in [0.05, 0.1) is 5.04 Å². The molecule has 0 heterocycles. The van der Waals surface area contributed by atoms with Crippen LogP contribution in [-0.2, 0) is 0 Å². The number of thiol groups is 1. The third-order valence-corrected chi connectivity index (χ3v) is 6.68. The zero-order valence-corrected chi connectivity index (χ0v) is 21.3. The van der Waals surface area contributed by atoms with E-state index in [0.29, 0.717) is 0 Å². The van der Waals surface area contributed by atoms with Gasteiger partial charge in [-0.3, -0.25) is 5.41 Å². The lowest BCUT2D eigenvalue weighted by Crippen LogP contribution is -2.09. The highest BCUT2D eigenvalue weighted by Crippen LogP contribution is 2.36. The fraction of sp³-hybridized carbons (Fsp3) is 0.0606. The summed E-state index contributed by atoms with van der Waals surface area (Å²) in [4.78, 5) is 2.29. The van der Waals surface area contributed by atoms with E-state index >= 15 is 0 Å². The van der Waals surface area contributed by atoms with E-state index in [-0.39, 0.29) is 5.04 Å². The van der Waals surface area contributed by atoms with Crippen molar-refractivity contribution in [3.8, 4) is 22.3 Å². The summed E-state index contributed by atoms with van der Waals surface area (Å²) >= 11 is 4.11. The predicted molar refractivity (Wildman–Crippen MR) is 157 cm³/mol. The minimum Gasteiger partial charge on any atom is -0.311 e. The first-order valence-electron chi connectivity index (χ1n) is 12.0. The first-order chi connectivity index (χ1) is 17.5. The number of nitrogens with one attached hydrogen (secondary N) is 1. The molecule has 0 aliphatic carbocycles. The number of aryl methyl sites for hydroxylation is 2. The summed E-state index contributed by atoms with van der Waals surface area (Å²) in [7, 11) is 0. The molecule has 0 unspecified atom stereocenters. The topological polar surface area (TPSA) is 27.1 Å². The second kappa shape index (κ2) is 10.3. The maximum atomic E-state index is 7.65. The van der Waals surface area contributed by atoms with Gasteiger partial charge in [-0.2, -0.15) is 0 Å². The number of anilines is 3. The first kappa shape index (κ1) is 23.7. The highest BCUT2D eigenvalue weighted by molar-refractivity contribution is 7.97. The molecule has 1 N–H and O–H groups in total. The van der Waals surface area contributed by atoms with Gasteiger partial charge in [0, 0.05) is 22.6 Å². The van der Waals surface area contributed by atoms with E-state index in [4.69, 9.17) is 5.41 Å². The Kier molecular flexibility index (Phi) is 6.75. The van der Waals surface area contributed by atoms with E-state index in [9.17, 15) is 0 Å². The predicted octanol–water partition coefficient (Wildman–Crippen LogP) is 9.36. The van der Waals surface area contributed by atoms with Crippen LogP contribution in [0.5, 0.6) is 0 Å². The molecule has 0 atom stereocenters. The van der Waals surface area contributed by atoms with Gasteiger partial charge in [0.15, 0.2) is 0 Å². The average molecular weight is 485 g/mol. The molecule has 0 saturated carbocycles. The summed E-state index contributed by atoms with van der Waals surface area (Å²) in [5.41, 5.74) is 11.4. The highest BCUT2D eigenvalue weighted by atomic mass is 32.1. The zero-order chi connectivity index (χ0) is 25.1. The maximum Gasteiger partial charge on any atom is 0.0911 e. The molecule has 0 bridgehead atoms. The minimum atomic E-state index is 0.281. The molecule has 0 aromatic heterocycles. The van der Waals surface area contributed by atoms with Crippen molar-refractivity contribution in [2.45, 2.75) is 13.8 Å². The standard InChI is InChI=1S/C33H28N2S/c1-23-3-17-30(18-4-23)35(31-19-5-24(2)6-20-31)32-21-15-28(16-22-32)26-9-7-25(8-10-26)27-11-13-29(14-12-27)33(34)36/h3-22H,1-2H3,(H2,34,36). The van der Waals surface area contributed by atoms with Crippen molar-refractivity contribution in [3.05, 3.63) is 138 Å². The molecule has 2 nitrogen and oxygen atoms in total. The Morgan fingerprint density at radius 1 is 0.472 bits per heavy atom. The average Bonchev–Trinajstić information content (AvgIpc) is 2.91. The van der Waals surface area contributed by atoms with Gasteiger partial charge in [-0.05, 0) is 72.5 Å². The number of benzene rings is 5. The van der Waals surface area contributed by atoms with Gasteiger partial charge in [-0.1, -0.05) is 96.1 Å². The molecule has 5 aromatic rings. The van der Waals surface area contributed by atoms with Crippen molar-refractivity contribution in [1.82, 2.24) is 0 Å².